The molecule has 108 valence electrons. The highest BCUT2D eigenvalue weighted by Crippen LogP contribution is 2.09. The van der Waals surface area contributed by atoms with Gasteiger partial charge in [0.05, 0.1) is 13.2 Å². The molecule has 0 aromatic rings. The van der Waals surface area contributed by atoms with Gasteiger partial charge in [-0.1, -0.05) is 0 Å². The summed E-state index contributed by atoms with van der Waals surface area (Å²) < 4.78 is 0. The number of aliphatic hydroxyl groups is 8. The van der Waals surface area contributed by atoms with Gasteiger partial charge in [-0.2, -0.15) is 0 Å². The van der Waals surface area contributed by atoms with Crippen molar-refractivity contribution in [3.63, 3.8) is 0 Å². The van der Waals surface area contributed by atoms with Crippen molar-refractivity contribution in [2.75, 3.05) is 13.2 Å². The molecule has 9 nitrogen and oxygen atoms in total. The topological polar surface area (TPSA) is 179 Å². The molecular formula is C9H18O9. The quantitative estimate of drug-likeness (QED) is 0.214. The smallest absolute Gasteiger partial charge is 0.195 e. The molecule has 0 saturated carbocycles. The van der Waals surface area contributed by atoms with E-state index in [0.717, 1.165) is 0 Å². The zero-order valence-corrected chi connectivity index (χ0v) is 9.36. The second kappa shape index (κ2) is 7.71. The second-order valence-electron chi connectivity index (χ2n) is 3.77. The molecule has 0 amide bonds. The molecule has 0 aromatic carbocycles. The van der Waals surface area contributed by atoms with E-state index in [1.807, 2.05) is 0 Å². The fraction of sp³-hybridized carbons (Fsp3) is 0.889. The highest BCUT2D eigenvalue weighted by Gasteiger charge is 2.38. The van der Waals surface area contributed by atoms with Crippen LogP contribution in [-0.4, -0.2) is 96.5 Å². The maximum atomic E-state index is 11.3. The fourth-order valence-electron chi connectivity index (χ4n) is 1.16. The van der Waals surface area contributed by atoms with Crippen molar-refractivity contribution in [2.45, 2.75) is 36.6 Å². The van der Waals surface area contributed by atoms with E-state index in [2.05, 4.69) is 0 Å². The summed E-state index contributed by atoms with van der Waals surface area (Å²) in [5.74, 6) is -1.44. The molecule has 0 saturated heterocycles. The van der Waals surface area contributed by atoms with Gasteiger partial charge in [0, 0.05) is 0 Å². The lowest BCUT2D eigenvalue weighted by Crippen LogP contribution is -2.53. The van der Waals surface area contributed by atoms with Crippen LogP contribution in [0.25, 0.3) is 0 Å². The minimum absolute atomic E-state index is 0.916. The molecule has 1 unspecified atom stereocenters. The SMILES string of the molecule is O=C(C(O)[C@@H](O)CO)[C@@H](O)[C@H](O)[C@@H](O)[C@H](O)CO. The number of carbonyl (C=O) groups excluding carboxylic acids is 1. The molecule has 0 heterocycles. The molecule has 0 rings (SSSR count). The first-order valence-corrected chi connectivity index (χ1v) is 5.11. The number of carbonyl (C=O) groups is 1. The summed E-state index contributed by atoms with van der Waals surface area (Å²) in [5.41, 5.74) is 0. The highest BCUT2D eigenvalue weighted by atomic mass is 16.4. The third-order valence-corrected chi connectivity index (χ3v) is 2.39. The summed E-state index contributed by atoms with van der Waals surface area (Å²) >= 11 is 0. The molecule has 18 heavy (non-hydrogen) atoms. The van der Waals surface area contributed by atoms with Crippen LogP contribution in [0.3, 0.4) is 0 Å². The first-order valence-electron chi connectivity index (χ1n) is 5.11. The van der Waals surface area contributed by atoms with Gasteiger partial charge in [-0.25, -0.2) is 0 Å². The van der Waals surface area contributed by atoms with Crippen LogP contribution in [0.1, 0.15) is 0 Å². The summed E-state index contributed by atoms with van der Waals surface area (Å²) in [5, 5.41) is 71.9. The second-order valence-corrected chi connectivity index (χ2v) is 3.77. The third kappa shape index (κ3) is 4.23. The van der Waals surface area contributed by atoms with Crippen molar-refractivity contribution in [1.29, 1.82) is 0 Å². The Labute approximate surface area is 102 Å². The van der Waals surface area contributed by atoms with Gasteiger partial charge in [0.15, 0.2) is 5.78 Å². The molecule has 0 aliphatic carbocycles. The number of aliphatic hydroxyl groups excluding tert-OH is 8. The van der Waals surface area contributed by atoms with Crippen molar-refractivity contribution in [2.24, 2.45) is 0 Å². The first-order chi connectivity index (χ1) is 8.27. The predicted molar refractivity (Wildman–Crippen MR) is 55.2 cm³/mol. The summed E-state index contributed by atoms with van der Waals surface area (Å²) in [6, 6.07) is 0. The minimum Gasteiger partial charge on any atom is -0.394 e. The molecule has 0 fully saturated rings. The molecular weight excluding hydrogens is 252 g/mol. The van der Waals surface area contributed by atoms with E-state index < -0.39 is 55.6 Å². The van der Waals surface area contributed by atoms with Gasteiger partial charge < -0.3 is 40.9 Å². The molecule has 0 aliphatic heterocycles. The number of ketones is 1. The van der Waals surface area contributed by atoms with Crippen LogP contribution in [-0.2, 0) is 4.79 Å². The zero-order chi connectivity index (χ0) is 14.5. The molecule has 0 aliphatic rings. The molecule has 0 radical (unpaired) electrons. The minimum atomic E-state index is -2.29. The predicted octanol–water partition coefficient (Wildman–Crippen LogP) is -5.29. The number of hydrogen-bond donors (Lipinski definition) is 8. The normalized spacial score (nSPS) is 21.8. The maximum absolute atomic E-state index is 11.3. The van der Waals surface area contributed by atoms with Crippen LogP contribution in [0.5, 0.6) is 0 Å². The van der Waals surface area contributed by atoms with E-state index in [0.29, 0.717) is 0 Å². The van der Waals surface area contributed by atoms with Gasteiger partial charge in [-0.15, -0.1) is 0 Å². The number of hydrogen-bond acceptors (Lipinski definition) is 9. The average molecular weight is 270 g/mol. The van der Waals surface area contributed by atoms with E-state index in [-0.39, 0.29) is 0 Å². The fourth-order valence-corrected chi connectivity index (χ4v) is 1.16. The standard InChI is InChI=1S/C9H18O9/c10-1-3(12)5(14)7(16)9(18)8(17)6(15)4(13)2-11/h3-7,9-16,18H,1-2H2/t3-,4+,5+,6?,7-,9+/m1/s1. The van der Waals surface area contributed by atoms with Crippen LogP contribution in [0.4, 0.5) is 0 Å². The summed E-state index contributed by atoms with van der Waals surface area (Å²) in [6.07, 6.45) is -12.3. The van der Waals surface area contributed by atoms with E-state index in [9.17, 15) is 20.1 Å². The molecule has 6 atom stereocenters. The largest absolute Gasteiger partial charge is 0.394 e. The Hall–Kier alpha value is -0.650. The van der Waals surface area contributed by atoms with Crippen LogP contribution >= 0.6 is 0 Å². The lowest BCUT2D eigenvalue weighted by molar-refractivity contribution is -0.159. The zero-order valence-electron chi connectivity index (χ0n) is 9.36. The number of Topliss-reactive ketones (excluding diaryl/α,β-unsaturated/α-hetero) is 1. The summed E-state index contributed by atoms with van der Waals surface area (Å²) in [4.78, 5) is 11.3. The van der Waals surface area contributed by atoms with Crippen LogP contribution in [0.2, 0.25) is 0 Å². The molecule has 8 N–H and O–H groups in total. The van der Waals surface area contributed by atoms with E-state index in [4.69, 9.17) is 25.5 Å². The van der Waals surface area contributed by atoms with Gasteiger partial charge >= 0.3 is 0 Å². The third-order valence-electron chi connectivity index (χ3n) is 2.39. The van der Waals surface area contributed by atoms with Gasteiger partial charge in [0.25, 0.3) is 0 Å². The molecule has 0 spiro atoms. The Morgan fingerprint density at radius 2 is 1.17 bits per heavy atom. The van der Waals surface area contributed by atoms with Crippen molar-refractivity contribution < 1.29 is 45.6 Å². The Bertz CT molecular complexity index is 258. The Morgan fingerprint density at radius 3 is 1.56 bits per heavy atom. The van der Waals surface area contributed by atoms with Crippen molar-refractivity contribution >= 4 is 5.78 Å². The number of rotatable bonds is 8. The van der Waals surface area contributed by atoms with Crippen LogP contribution < -0.4 is 0 Å². The lowest BCUT2D eigenvalue weighted by atomic mass is 9.96. The van der Waals surface area contributed by atoms with Crippen molar-refractivity contribution in [3.05, 3.63) is 0 Å². The van der Waals surface area contributed by atoms with Gasteiger partial charge in [-0.05, 0) is 0 Å². The Balaban J connectivity index is 4.63. The Morgan fingerprint density at radius 1 is 0.722 bits per heavy atom. The molecule has 9 heteroatoms. The Kier molecular flexibility index (Phi) is 7.43. The maximum Gasteiger partial charge on any atom is 0.195 e. The highest BCUT2D eigenvalue weighted by molar-refractivity contribution is 5.88. The van der Waals surface area contributed by atoms with Crippen LogP contribution in [0, 0.1) is 0 Å². The van der Waals surface area contributed by atoms with E-state index in [1.165, 1.54) is 0 Å². The van der Waals surface area contributed by atoms with E-state index >= 15 is 0 Å². The first kappa shape index (κ1) is 17.4. The van der Waals surface area contributed by atoms with Gasteiger partial charge in [-0.3, -0.25) is 4.79 Å². The summed E-state index contributed by atoms with van der Waals surface area (Å²) in [6.45, 7) is -1.86. The van der Waals surface area contributed by atoms with E-state index in [1.54, 1.807) is 0 Å². The van der Waals surface area contributed by atoms with Crippen LogP contribution in [0.15, 0.2) is 0 Å². The lowest BCUT2D eigenvalue weighted by Gasteiger charge is -2.26. The van der Waals surface area contributed by atoms with Crippen molar-refractivity contribution in [1.82, 2.24) is 0 Å². The average Bonchev–Trinajstić information content (AvgIpc) is 2.40. The molecule has 0 bridgehead atoms. The van der Waals surface area contributed by atoms with Crippen molar-refractivity contribution in [3.8, 4) is 0 Å². The van der Waals surface area contributed by atoms with Gasteiger partial charge in [0.2, 0.25) is 0 Å². The summed E-state index contributed by atoms with van der Waals surface area (Å²) in [7, 11) is 0. The van der Waals surface area contributed by atoms with Gasteiger partial charge in [0.1, 0.15) is 36.6 Å². The molecule has 0 aromatic heterocycles. The monoisotopic (exact) mass is 270 g/mol.